The molecule has 0 fully saturated rings. The van der Waals surface area contributed by atoms with E-state index >= 15 is 0 Å². The van der Waals surface area contributed by atoms with Crippen molar-refractivity contribution in [2.75, 3.05) is 0 Å². The number of aromatic amines is 2. The Kier molecular flexibility index (Phi) is 2.23. The molecular weight excluding hydrogens is 238 g/mol. The van der Waals surface area contributed by atoms with E-state index in [0.717, 1.165) is 10.9 Å². The Labute approximate surface area is 101 Å². The summed E-state index contributed by atoms with van der Waals surface area (Å²) in [5.74, 6) is 0. The Morgan fingerprint density at radius 3 is 2.82 bits per heavy atom. The van der Waals surface area contributed by atoms with Crippen molar-refractivity contribution in [3.8, 4) is 11.1 Å². The summed E-state index contributed by atoms with van der Waals surface area (Å²) in [5, 5.41) is 7.99. The lowest BCUT2D eigenvalue weighted by Gasteiger charge is -2.02. The molecule has 84 valence electrons. The second-order valence-corrected chi connectivity index (χ2v) is 4.10. The number of H-pyrrole nitrogens is 2. The molecule has 0 unspecified atom stereocenters. The Morgan fingerprint density at radius 1 is 1.18 bits per heavy atom. The minimum atomic E-state index is -0.185. The van der Waals surface area contributed by atoms with Crippen molar-refractivity contribution in [3.05, 3.63) is 51.9 Å². The molecule has 0 amide bonds. The van der Waals surface area contributed by atoms with Gasteiger partial charge in [-0.3, -0.25) is 9.89 Å². The van der Waals surface area contributed by atoms with Crippen molar-refractivity contribution in [2.45, 2.75) is 0 Å². The first-order valence-electron chi connectivity index (χ1n) is 5.07. The molecule has 0 aliphatic carbocycles. The Balaban J connectivity index is 2.34. The quantitative estimate of drug-likeness (QED) is 0.692. The van der Waals surface area contributed by atoms with Crippen LogP contribution in [0.2, 0.25) is 5.02 Å². The predicted molar refractivity (Wildman–Crippen MR) is 67.2 cm³/mol. The van der Waals surface area contributed by atoms with Crippen molar-refractivity contribution < 1.29 is 0 Å². The number of pyridine rings is 1. The lowest BCUT2D eigenvalue weighted by Crippen LogP contribution is -2.08. The van der Waals surface area contributed by atoms with E-state index in [1.54, 1.807) is 18.3 Å². The molecule has 3 aromatic rings. The van der Waals surface area contributed by atoms with Crippen LogP contribution in [0.3, 0.4) is 0 Å². The van der Waals surface area contributed by atoms with Crippen LogP contribution >= 0.6 is 11.6 Å². The van der Waals surface area contributed by atoms with Gasteiger partial charge in [0.1, 0.15) is 5.65 Å². The van der Waals surface area contributed by atoms with Gasteiger partial charge in [-0.2, -0.15) is 5.10 Å². The fourth-order valence-corrected chi connectivity index (χ4v) is 2.02. The number of nitrogens with zero attached hydrogens (tertiary/aromatic N) is 1. The summed E-state index contributed by atoms with van der Waals surface area (Å²) in [5.41, 5.74) is 1.70. The Hall–Kier alpha value is -2.07. The minimum absolute atomic E-state index is 0.185. The molecule has 17 heavy (non-hydrogen) atoms. The maximum atomic E-state index is 11.9. The normalized spacial score (nSPS) is 10.9. The van der Waals surface area contributed by atoms with Crippen LogP contribution in [0, 0.1) is 0 Å². The number of aromatic nitrogens is 3. The highest BCUT2D eigenvalue weighted by Gasteiger charge is 2.09. The van der Waals surface area contributed by atoms with Gasteiger partial charge >= 0.3 is 0 Å². The first-order chi connectivity index (χ1) is 8.25. The molecule has 2 aromatic heterocycles. The molecule has 0 atom stereocenters. The van der Waals surface area contributed by atoms with E-state index in [1.807, 2.05) is 18.2 Å². The lowest BCUT2D eigenvalue weighted by atomic mass is 10.1. The first-order valence-corrected chi connectivity index (χ1v) is 5.45. The van der Waals surface area contributed by atoms with Crippen molar-refractivity contribution in [1.29, 1.82) is 0 Å². The van der Waals surface area contributed by atoms with Gasteiger partial charge in [0, 0.05) is 21.5 Å². The van der Waals surface area contributed by atoms with Crippen LogP contribution in [0.4, 0.5) is 0 Å². The van der Waals surface area contributed by atoms with Crippen LogP contribution in [0.15, 0.2) is 41.3 Å². The average Bonchev–Trinajstić information content (AvgIpc) is 2.76. The van der Waals surface area contributed by atoms with E-state index in [2.05, 4.69) is 15.2 Å². The molecule has 0 aliphatic rings. The highest BCUT2D eigenvalue weighted by atomic mass is 35.5. The lowest BCUT2D eigenvalue weighted by molar-refractivity contribution is 1.09. The molecule has 0 radical (unpaired) electrons. The third kappa shape index (κ3) is 1.62. The molecule has 5 heteroatoms. The summed E-state index contributed by atoms with van der Waals surface area (Å²) in [6.07, 6.45) is 1.66. The van der Waals surface area contributed by atoms with Gasteiger partial charge in [-0.25, -0.2) is 0 Å². The molecule has 2 heterocycles. The smallest absolute Gasteiger partial charge is 0.257 e. The van der Waals surface area contributed by atoms with Crippen LogP contribution < -0.4 is 5.56 Å². The fourth-order valence-electron chi connectivity index (χ4n) is 1.79. The van der Waals surface area contributed by atoms with Crippen molar-refractivity contribution in [3.63, 3.8) is 0 Å². The number of rotatable bonds is 1. The molecule has 1 aromatic carbocycles. The monoisotopic (exact) mass is 245 g/mol. The van der Waals surface area contributed by atoms with Gasteiger partial charge in [0.2, 0.25) is 0 Å². The number of hydrogen-bond acceptors (Lipinski definition) is 2. The van der Waals surface area contributed by atoms with Crippen LogP contribution in [0.1, 0.15) is 0 Å². The van der Waals surface area contributed by atoms with Gasteiger partial charge in [0.05, 0.1) is 6.20 Å². The third-order valence-corrected chi connectivity index (χ3v) is 2.95. The van der Waals surface area contributed by atoms with Crippen LogP contribution in [0.25, 0.3) is 22.2 Å². The number of nitrogens with one attached hydrogen (secondary N) is 2. The zero-order chi connectivity index (χ0) is 11.8. The molecule has 2 N–H and O–H groups in total. The third-order valence-electron chi connectivity index (χ3n) is 2.62. The van der Waals surface area contributed by atoms with Crippen molar-refractivity contribution >= 4 is 22.6 Å². The molecule has 0 aliphatic heterocycles. The molecule has 4 nitrogen and oxygen atoms in total. The second-order valence-electron chi connectivity index (χ2n) is 3.69. The number of fused-ring (bicyclic) bond motifs is 1. The topological polar surface area (TPSA) is 61.5 Å². The molecule has 3 rings (SSSR count). The molecular formula is C12H8ClN3O. The van der Waals surface area contributed by atoms with E-state index in [4.69, 9.17) is 11.6 Å². The van der Waals surface area contributed by atoms with Crippen molar-refractivity contribution in [2.24, 2.45) is 0 Å². The first kappa shape index (κ1) is 10.1. The van der Waals surface area contributed by atoms with Crippen LogP contribution in [0.5, 0.6) is 0 Å². The van der Waals surface area contributed by atoms with Gasteiger partial charge in [0.25, 0.3) is 5.56 Å². The van der Waals surface area contributed by atoms with E-state index < -0.39 is 0 Å². The predicted octanol–water partition coefficient (Wildman–Crippen LogP) is 2.57. The van der Waals surface area contributed by atoms with Gasteiger partial charge in [0.15, 0.2) is 0 Å². The van der Waals surface area contributed by atoms with Gasteiger partial charge in [-0.15, -0.1) is 0 Å². The zero-order valence-corrected chi connectivity index (χ0v) is 9.45. The summed E-state index contributed by atoms with van der Waals surface area (Å²) in [6, 6.07) is 9.03. The van der Waals surface area contributed by atoms with Gasteiger partial charge < -0.3 is 4.98 Å². The second kappa shape index (κ2) is 3.75. The SMILES string of the molecule is O=c1[nH]c2[nH]ncc2cc1-c1ccccc1Cl. The molecule has 0 saturated carbocycles. The maximum absolute atomic E-state index is 11.9. The van der Waals surface area contributed by atoms with Gasteiger partial charge in [-0.05, 0) is 12.1 Å². The van der Waals surface area contributed by atoms with Crippen molar-refractivity contribution in [1.82, 2.24) is 15.2 Å². The van der Waals surface area contributed by atoms with Crippen LogP contribution in [-0.2, 0) is 0 Å². The molecule has 0 spiro atoms. The number of hydrogen-bond donors (Lipinski definition) is 2. The fraction of sp³-hybridized carbons (Fsp3) is 0. The van der Waals surface area contributed by atoms with E-state index in [1.165, 1.54) is 0 Å². The number of benzene rings is 1. The van der Waals surface area contributed by atoms with Gasteiger partial charge in [-0.1, -0.05) is 29.8 Å². The summed E-state index contributed by atoms with van der Waals surface area (Å²) in [4.78, 5) is 14.7. The Morgan fingerprint density at radius 2 is 2.00 bits per heavy atom. The van der Waals surface area contributed by atoms with E-state index in [0.29, 0.717) is 16.2 Å². The number of halogens is 1. The van der Waals surface area contributed by atoms with E-state index in [9.17, 15) is 4.79 Å². The summed E-state index contributed by atoms with van der Waals surface area (Å²) < 4.78 is 0. The molecule has 0 saturated heterocycles. The average molecular weight is 246 g/mol. The van der Waals surface area contributed by atoms with E-state index in [-0.39, 0.29) is 5.56 Å². The summed E-state index contributed by atoms with van der Waals surface area (Å²) in [6.45, 7) is 0. The molecule has 0 bridgehead atoms. The standard InChI is InChI=1S/C12H8ClN3O/c13-10-4-2-1-3-8(10)9-5-7-6-14-16-11(7)15-12(9)17/h1-6H,(H2,14,15,16,17). The summed E-state index contributed by atoms with van der Waals surface area (Å²) >= 11 is 6.08. The minimum Gasteiger partial charge on any atom is -0.306 e. The highest BCUT2D eigenvalue weighted by molar-refractivity contribution is 6.33. The largest absolute Gasteiger partial charge is 0.306 e. The highest BCUT2D eigenvalue weighted by Crippen LogP contribution is 2.25. The Bertz CT molecular complexity index is 745. The van der Waals surface area contributed by atoms with Crippen LogP contribution in [-0.4, -0.2) is 15.2 Å². The zero-order valence-electron chi connectivity index (χ0n) is 8.70. The summed E-state index contributed by atoms with van der Waals surface area (Å²) in [7, 11) is 0. The maximum Gasteiger partial charge on any atom is 0.257 e.